The lowest BCUT2D eigenvalue weighted by molar-refractivity contribution is -0.120. The summed E-state index contributed by atoms with van der Waals surface area (Å²) in [4.78, 5) is 17.7. The van der Waals surface area contributed by atoms with Crippen molar-refractivity contribution in [2.75, 3.05) is 0 Å². The molecule has 1 N–H and O–H groups in total. The van der Waals surface area contributed by atoms with Crippen molar-refractivity contribution < 1.29 is 4.79 Å². The fourth-order valence-electron chi connectivity index (χ4n) is 3.73. The van der Waals surface area contributed by atoms with E-state index in [0.29, 0.717) is 0 Å². The molecule has 30 heavy (non-hydrogen) atoms. The minimum absolute atomic E-state index is 0.187. The van der Waals surface area contributed by atoms with E-state index >= 15 is 0 Å². The Bertz CT molecular complexity index is 1350. The Morgan fingerprint density at radius 2 is 1.97 bits per heavy atom. The molecule has 0 aliphatic heterocycles. The van der Waals surface area contributed by atoms with Crippen LogP contribution in [0.3, 0.4) is 0 Å². The summed E-state index contributed by atoms with van der Waals surface area (Å²) in [6.07, 6.45) is 5.71. The van der Waals surface area contributed by atoms with Gasteiger partial charge >= 0.3 is 0 Å². The number of hydrogen-bond donors (Lipinski definition) is 1. The number of nitrogens with one attached hydrogen (secondary N) is 1. The Hall–Kier alpha value is -3.71. The van der Waals surface area contributed by atoms with Gasteiger partial charge in [-0.3, -0.25) is 9.20 Å². The van der Waals surface area contributed by atoms with Crippen LogP contribution in [-0.2, 0) is 18.3 Å². The average Bonchev–Trinajstić information content (AvgIpc) is 3.42. The van der Waals surface area contributed by atoms with Crippen LogP contribution in [0.1, 0.15) is 11.3 Å². The van der Waals surface area contributed by atoms with E-state index in [4.69, 9.17) is 0 Å². The van der Waals surface area contributed by atoms with Crippen LogP contribution in [0.4, 0.5) is 0 Å². The van der Waals surface area contributed by atoms with E-state index in [1.54, 1.807) is 17.6 Å². The highest BCUT2D eigenvalue weighted by Crippen LogP contribution is 2.31. The van der Waals surface area contributed by atoms with E-state index < -0.39 is 0 Å². The third-order valence-corrected chi connectivity index (χ3v) is 5.83. The lowest BCUT2D eigenvalue weighted by Crippen LogP contribution is -2.20. The summed E-state index contributed by atoms with van der Waals surface area (Å²) in [5.41, 5.74) is 7.62. The molecule has 1 amide bonds. The van der Waals surface area contributed by atoms with Crippen LogP contribution in [0.2, 0.25) is 0 Å². The molecule has 3 aromatic heterocycles. The first kappa shape index (κ1) is 18.3. The molecule has 0 aliphatic carbocycles. The molecule has 6 nitrogen and oxygen atoms in total. The normalized spacial score (nSPS) is 11.6. The fraction of sp³-hybridized carbons (Fsp3) is 0.0870. The number of carbonyl (C=O) groups is 1. The van der Waals surface area contributed by atoms with Gasteiger partial charge in [0.2, 0.25) is 5.91 Å². The van der Waals surface area contributed by atoms with E-state index in [9.17, 15) is 4.79 Å². The predicted molar refractivity (Wildman–Crippen MR) is 121 cm³/mol. The lowest BCUT2D eigenvalue weighted by atomic mass is 10.1. The Morgan fingerprint density at radius 1 is 1.17 bits per heavy atom. The zero-order valence-corrected chi connectivity index (χ0v) is 17.1. The van der Waals surface area contributed by atoms with E-state index in [-0.39, 0.29) is 12.3 Å². The topological polar surface area (TPSA) is 63.7 Å². The zero-order chi connectivity index (χ0) is 20.5. The average molecular weight is 414 g/mol. The molecule has 148 valence electrons. The molecule has 5 rings (SSSR count). The second-order valence-electron chi connectivity index (χ2n) is 7.00. The van der Waals surface area contributed by atoms with Crippen molar-refractivity contribution in [1.29, 1.82) is 0 Å². The number of carbonyl (C=O) groups excluding carboxylic acids is 1. The van der Waals surface area contributed by atoms with Crippen molar-refractivity contribution in [2.24, 2.45) is 12.1 Å². The largest absolute Gasteiger partial charge is 0.343 e. The minimum Gasteiger partial charge on any atom is -0.343 e. The summed E-state index contributed by atoms with van der Waals surface area (Å²) in [7, 11) is 2.05. The summed E-state index contributed by atoms with van der Waals surface area (Å²) < 4.78 is 4.07. The maximum Gasteiger partial charge on any atom is 0.246 e. The molecular formula is C23H19N5OS. The quantitative estimate of drug-likeness (QED) is 0.346. The van der Waals surface area contributed by atoms with Crippen molar-refractivity contribution >= 4 is 39.3 Å². The molecule has 0 unspecified atom stereocenters. The van der Waals surface area contributed by atoms with Gasteiger partial charge < -0.3 is 4.57 Å². The van der Waals surface area contributed by atoms with Crippen molar-refractivity contribution in [3.63, 3.8) is 0 Å². The van der Waals surface area contributed by atoms with Crippen LogP contribution in [0.15, 0.2) is 77.5 Å². The number of amides is 1. The molecule has 0 aliphatic rings. The van der Waals surface area contributed by atoms with Gasteiger partial charge in [-0.15, -0.1) is 11.3 Å². The molecule has 0 saturated heterocycles. The molecule has 7 heteroatoms. The first-order valence-electron chi connectivity index (χ1n) is 9.56. The Labute approximate surface area is 177 Å². The summed E-state index contributed by atoms with van der Waals surface area (Å²) in [6, 6.07) is 18.4. The monoisotopic (exact) mass is 413 g/mol. The first-order valence-corrected chi connectivity index (χ1v) is 10.4. The van der Waals surface area contributed by atoms with Gasteiger partial charge in [0.1, 0.15) is 0 Å². The first-order chi connectivity index (χ1) is 14.7. The van der Waals surface area contributed by atoms with Crippen LogP contribution < -0.4 is 5.43 Å². The van der Waals surface area contributed by atoms with Gasteiger partial charge in [0, 0.05) is 41.3 Å². The van der Waals surface area contributed by atoms with E-state index in [1.807, 2.05) is 59.6 Å². The number of nitrogens with zero attached hydrogens (tertiary/aromatic N) is 4. The number of rotatable bonds is 5. The number of thiazole rings is 1. The smallest absolute Gasteiger partial charge is 0.246 e. The number of aryl methyl sites for hydroxylation is 1. The lowest BCUT2D eigenvalue weighted by Gasteiger charge is -2.06. The van der Waals surface area contributed by atoms with E-state index in [2.05, 4.69) is 44.3 Å². The van der Waals surface area contributed by atoms with Crippen molar-refractivity contribution in [1.82, 2.24) is 19.4 Å². The van der Waals surface area contributed by atoms with Gasteiger partial charge in [-0.05, 0) is 11.6 Å². The number of hydrogen-bond acceptors (Lipinski definition) is 4. The number of fused-ring (bicyclic) bond motifs is 2. The van der Waals surface area contributed by atoms with Crippen LogP contribution in [0, 0.1) is 0 Å². The summed E-state index contributed by atoms with van der Waals surface area (Å²) in [6.45, 7) is 0. The highest BCUT2D eigenvalue weighted by molar-refractivity contribution is 7.15. The number of benzene rings is 2. The van der Waals surface area contributed by atoms with E-state index in [0.717, 1.165) is 38.4 Å². The summed E-state index contributed by atoms with van der Waals surface area (Å²) in [5.74, 6) is -0.196. The van der Waals surface area contributed by atoms with Crippen molar-refractivity contribution in [3.8, 4) is 11.3 Å². The standard InChI is InChI=1S/C23H19N5OS/c1-27-20-10-6-5-9-18(20)19(22(27)16-7-3-2-4-8-16)14-24-26-21(29)13-17-15-28-11-12-30-23(28)25-17/h2-12,14-15H,13H2,1H3,(H,26,29). The highest BCUT2D eigenvalue weighted by atomic mass is 32.1. The maximum absolute atomic E-state index is 12.3. The zero-order valence-electron chi connectivity index (χ0n) is 16.3. The maximum atomic E-state index is 12.3. The Kier molecular flexibility index (Phi) is 4.65. The fourth-order valence-corrected chi connectivity index (χ4v) is 4.45. The van der Waals surface area contributed by atoms with E-state index in [1.165, 1.54) is 0 Å². The number of aromatic nitrogens is 3. The summed E-state index contributed by atoms with van der Waals surface area (Å²) >= 11 is 1.54. The molecule has 0 saturated carbocycles. The third kappa shape index (κ3) is 3.29. The summed E-state index contributed by atoms with van der Waals surface area (Å²) in [5, 5.41) is 7.31. The third-order valence-electron chi connectivity index (χ3n) is 5.06. The molecule has 5 aromatic rings. The molecule has 0 atom stereocenters. The van der Waals surface area contributed by atoms with Crippen LogP contribution >= 0.6 is 11.3 Å². The number of para-hydroxylation sites is 1. The molecule has 3 heterocycles. The van der Waals surface area contributed by atoms with Gasteiger partial charge in [-0.2, -0.15) is 5.10 Å². The van der Waals surface area contributed by atoms with Crippen molar-refractivity contribution in [2.45, 2.75) is 6.42 Å². The van der Waals surface area contributed by atoms with Gasteiger partial charge in [0.15, 0.2) is 4.96 Å². The SMILES string of the molecule is Cn1c(-c2ccccc2)c(C=NNC(=O)Cc2cn3ccsc3n2)c2ccccc21. The van der Waals surface area contributed by atoms with Gasteiger partial charge in [-0.1, -0.05) is 48.5 Å². The Morgan fingerprint density at radius 3 is 2.80 bits per heavy atom. The molecule has 0 radical (unpaired) electrons. The highest BCUT2D eigenvalue weighted by Gasteiger charge is 2.15. The number of hydrazone groups is 1. The van der Waals surface area contributed by atoms with Gasteiger partial charge in [0.05, 0.1) is 24.0 Å². The van der Waals surface area contributed by atoms with Crippen LogP contribution in [0.5, 0.6) is 0 Å². The second-order valence-corrected chi connectivity index (χ2v) is 7.87. The van der Waals surface area contributed by atoms with Crippen molar-refractivity contribution in [3.05, 3.63) is 83.6 Å². The van der Waals surface area contributed by atoms with Crippen LogP contribution in [-0.4, -0.2) is 26.1 Å². The molecule has 2 aromatic carbocycles. The molecule has 0 spiro atoms. The van der Waals surface area contributed by atoms with Gasteiger partial charge in [0.25, 0.3) is 0 Å². The molecular weight excluding hydrogens is 394 g/mol. The minimum atomic E-state index is -0.196. The molecule has 0 bridgehead atoms. The molecule has 0 fully saturated rings. The Balaban J connectivity index is 1.42. The van der Waals surface area contributed by atoms with Crippen LogP contribution in [0.25, 0.3) is 27.1 Å². The second kappa shape index (κ2) is 7.61. The van der Waals surface area contributed by atoms with Gasteiger partial charge in [-0.25, -0.2) is 10.4 Å². The number of imidazole rings is 1. The predicted octanol–water partition coefficient (Wildman–Crippen LogP) is 4.25.